The molecule has 0 aliphatic rings. The van der Waals surface area contributed by atoms with Gasteiger partial charge in [0.1, 0.15) is 0 Å². The molecule has 4 aromatic rings. The maximum Gasteiger partial charge on any atom is 0.172 e. The zero-order valence-corrected chi connectivity index (χ0v) is 19.4. The van der Waals surface area contributed by atoms with E-state index < -0.39 is 8.07 Å². The van der Waals surface area contributed by atoms with E-state index in [1.54, 1.807) is 0 Å². The van der Waals surface area contributed by atoms with Crippen molar-refractivity contribution in [3.8, 4) is 0 Å². The summed E-state index contributed by atoms with van der Waals surface area (Å²) in [5, 5.41) is 4.21. The Labute approximate surface area is 187 Å². The van der Waals surface area contributed by atoms with Gasteiger partial charge in [0.15, 0.2) is 8.07 Å². The van der Waals surface area contributed by atoms with E-state index >= 15 is 0 Å². The molecule has 1 heteroatoms. The predicted molar refractivity (Wildman–Crippen MR) is 138 cm³/mol. The molecule has 0 N–H and O–H groups in total. The Balaban J connectivity index is 1.87. The summed E-state index contributed by atoms with van der Waals surface area (Å²) in [6, 6.07) is 42.2. The van der Waals surface area contributed by atoms with Gasteiger partial charge in [0, 0.05) is 0 Å². The van der Waals surface area contributed by atoms with Gasteiger partial charge in [-0.25, -0.2) is 0 Å². The summed E-state index contributed by atoms with van der Waals surface area (Å²) in [6.45, 7) is 4.54. The highest BCUT2D eigenvalue weighted by Gasteiger charge is 2.36. The molecular formula is C30H30Si. The first kappa shape index (κ1) is 21.1. The molecule has 0 radical (unpaired) electrons. The van der Waals surface area contributed by atoms with Crippen molar-refractivity contribution in [2.24, 2.45) is 0 Å². The second kappa shape index (κ2) is 9.76. The molecule has 0 saturated heterocycles. The van der Waals surface area contributed by atoms with Crippen molar-refractivity contribution in [1.82, 2.24) is 0 Å². The third-order valence-electron chi connectivity index (χ3n) is 6.33. The van der Waals surface area contributed by atoms with Crippen LogP contribution in [0.3, 0.4) is 0 Å². The highest BCUT2D eigenvalue weighted by molar-refractivity contribution is 7.15. The first-order valence-electron chi connectivity index (χ1n) is 11.2. The highest BCUT2D eigenvalue weighted by atomic mass is 28.3. The molecule has 0 saturated carbocycles. The Morgan fingerprint density at radius 3 is 1.42 bits per heavy atom. The smallest absolute Gasteiger partial charge is 0.0812 e. The van der Waals surface area contributed by atoms with Crippen LogP contribution in [-0.4, -0.2) is 8.07 Å². The molecular weight excluding hydrogens is 388 g/mol. The van der Waals surface area contributed by atoms with Gasteiger partial charge >= 0.3 is 0 Å². The Morgan fingerprint density at radius 2 is 1.03 bits per heavy atom. The lowest BCUT2D eigenvalue weighted by Crippen LogP contribution is -2.66. The van der Waals surface area contributed by atoms with E-state index in [-0.39, 0.29) is 0 Å². The average molecular weight is 419 g/mol. The van der Waals surface area contributed by atoms with Crippen LogP contribution in [0.4, 0.5) is 0 Å². The molecule has 0 spiro atoms. The van der Waals surface area contributed by atoms with Gasteiger partial charge in [-0.15, -0.1) is 0 Å². The van der Waals surface area contributed by atoms with Crippen LogP contribution in [-0.2, 0) is 0 Å². The van der Waals surface area contributed by atoms with Crippen molar-refractivity contribution in [2.75, 3.05) is 0 Å². The topological polar surface area (TPSA) is 0 Å². The first-order valence-corrected chi connectivity index (χ1v) is 13.3. The molecule has 0 fully saturated rings. The summed E-state index contributed by atoms with van der Waals surface area (Å²) in [4.78, 5) is 0. The number of benzene rings is 4. The Kier molecular flexibility index (Phi) is 6.64. The van der Waals surface area contributed by atoms with Crippen molar-refractivity contribution >= 4 is 29.7 Å². The van der Waals surface area contributed by atoms with Gasteiger partial charge < -0.3 is 0 Å². The number of hydrogen-bond donors (Lipinski definition) is 0. The van der Waals surface area contributed by atoms with Gasteiger partial charge in [0.25, 0.3) is 0 Å². The molecule has 31 heavy (non-hydrogen) atoms. The van der Waals surface area contributed by atoms with Crippen LogP contribution < -0.4 is 15.6 Å². The van der Waals surface area contributed by atoms with E-state index in [2.05, 4.69) is 141 Å². The monoisotopic (exact) mass is 418 g/mol. The molecule has 154 valence electrons. The van der Waals surface area contributed by atoms with Crippen molar-refractivity contribution in [2.45, 2.75) is 26.2 Å². The van der Waals surface area contributed by atoms with Crippen LogP contribution in [0.1, 0.15) is 37.3 Å². The lowest BCUT2D eigenvalue weighted by atomic mass is 9.98. The van der Waals surface area contributed by atoms with E-state index in [4.69, 9.17) is 0 Å². The van der Waals surface area contributed by atoms with E-state index in [0.717, 1.165) is 0 Å². The van der Waals surface area contributed by atoms with E-state index in [1.807, 2.05) is 0 Å². The van der Waals surface area contributed by atoms with Crippen molar-refractivity contribution in [3.05, 3.63) is 132 Å². The van der Waals surface area contributed by atoms with Crippen LogP contribution in [0.5, 0.6) is 0 Å². The quantitative estimate of drug-likeness (QED) is 0.258. The van der Waals surface area contributed by atoms with Gasteiger partial charge in [0.05, 0.1) is 0 Å². The fraction of sp³-hybridized carbons (Fsp3) is 0.133. The minimum atomic E-state index is -2.33. The summed E-state index contributed by atoms with van der Waals surface area (Å²) in [5.41, 5.74) is 5.18. The molecule has 0 aliphatic heterocycles. The fourth-order valence-electron chi connectivity index (χ4n) is 4.28. The normalized spacial score (nSPS) is 12.7. The van der Waals surface area contributed by atoms with Gasteiger partial charge in [0.2, 0.25) is 0 Å². The molecule has 4 rings (SSSR count). The summed E-state index contributed by atoms with van der Waals surface area (Å²) in [6.07, 6.45) is 3.50. The van der Waals surface area contributed by atoms with Crippen molar-refractivity contribution < 1.29 is 0 Å². The molecule has 0 aliphatic carbocycles. The zero-order chi connectivity index (χ0) is 21.5. The van der Waals surface area contributed by atoms with Crippen LogP contribution in [0, 0.1) is 0 Å². The lowest BCUT2D eigenvalue weighted by molar-refractivity contribution is 0.733. The standard InChI is InChI=1S/C30H30Si/c1-3-25(2)27-21-19-26(20-22-27)23-24-31(28-13-7-4-8-14-28,29-15-9-5-10-16-29)30-17-11-6-12-18-30/h4-25H,3H2,1-2H3/b24-23+. The van der Waals surface area contributed by atoms with Gasteiger partial charge in [-0.1, -0.05) is 141 Å². The predicted octanol–water partition coefficient (Wildman–Crippen LogP) is 5.92. The van der Waals surface area contributed by atoms with E-state index in [1.165, 1.54) is 33.1 Å². The Morgan fingerprint density at radius 1 is 0.613 bits per heavy atom. The van der Waals surface area contributed by atoms with Crippen LogP contribution >= 0.6 is 0 Å². The molecule has 4 aromatic carbocycles. The van der Waals surface area contributed by atoms with E-state index in [9.17, 15) is 0 Å². The van der Waals surface area contributed by atoms with Crippen molar-refractivity contribution in [1.29, 1.82) is 0 Å². The third kappa shape index (κ3) is 4.47. The van der Waals surface area contributed by atoms with Crippen LogP contribution in [0.25, 0.3) is 6.08 Å². The number of hydrogen-bond acceptors (Lipinski definition) is 0. The molecule has 1 unspecified atom stereocenters. The minimum absolute atomic E-state index is 0.601. The molecule has 0 amide bonds. The Hall–Kier alpha value is -3.16. The summed E-state index contributed by atoms with van der Waals surface area (Å²) in [5.74, 6) is 0.601. The summed E-state index contributed by atoms with van der Waals surface area (Å²) >= 11 is 0. The van der Waals surface area contributed by atoms with Crippen LogP contribution in [0.2, 0.25) is 0 Å². The molecule has 1 atom stereocenters. The first-order chi connectivity index (χ1) is 15.2. The summed E-state index contributed by atoms with van der Waals surface area (Å²) in [7, 11) is -2.33. The largest absolute Gasteiger partial charge is 0.172 e. The number of rotatable bonds is 7. The second-order valence-corrected chi connectivity index (χ2v) is 11.9. The van der Waals surface area contributed by atoms with E-state index in [0.29, 0.717) is 5.92 Å². The van der Waals surface area contributed by atoms with Gasteiger partial charge in [-0.05, 0) is 39.0 Å². The maximum atomic E-state index is 2.51. The zero-order valence-electron chi connectivity index (χ0n) is 18.4. The third-order valence-corrected chi connectivity index (χ3v) is 10.7. The molecule has 0 bridgehead atoms. The Bertz CT molecular complexity index is 1000. The fourth-order valence-corrected chi connectivity index (χ4v) is 8.46. The lowest BCUT2D eigenvalue weighted by Gasteiger charge is -2.30. The van der Waals surface area contributed by atoms with Gasteiger partial charge in [-0.2, -0.15) is 0 Å². The van der Waals surface area contributed by atoms with Crippen LogP contribution in [0.15, 0.2) is 121 Å². The summed E-state index contributed by atoms with van der Waals surface area (Å²) < 4.78 is 0. The molecule has 0 aromatic heterocycles. The SMILES string of the molecule is CCC(C)c1ccc(/C=C/[Si](c2ccccc2)(c2ccccc2)c2ccccc2)cc1. The van der Waals surface area contributed by atoms with Gasteiger partial charge in [-0.3, -0.25) is 0 Å². The molecule has 0 heterocycles. The van der Waals surface area contributed by atoms with Crippen molar-refractivity contribution in [3.63, 3.8) is 0 Å². The second-order valence-electron chi connectivity index (χ2n) is 8.22. The maximum absolute atomic E-state index is 2.51. The minimum Gasteiger partial charge on any atom is -0.0812 e. The molecule has 0 nitrogen and oxygen atoms in total. The average Bonchev–Trinajstić information content (AvgIpc) is 2.86. The highest BCUT2D eigenvalue weighted by Crippen LogP contribution is 2.20.